The van der Waals surface area contributed by atoms with E-state index in [2.05, 4.69) is 27.8 Å². The van der Waals surface area contributed by atoms with Crippen LogP contribution in [0, 0.1) is 0 Å². The van der Waals surface area contributed by atoms with Crippen molar-refractivity contribution >= 4 is 11.3 Å². The minimum atomic E-state index is 0.219. The maximum absolute atomic E-state index is 4.35. The van der Waals surface area contributed by atoms with Gasteiger partial charge in [0.2, 0.25) is 0 Å². The van der Waals surface area contributed by atoms with Crippen molar-refractivity contribution in [2.45, 2.75) is 6.04 Å². The molecule has 0 fully saturated rings. The Kier molecular flexibility index (Phi) is 2.65. The lowest BCUT2D eigenvalue weighted by Gasteiger charge is -2.10. The van der Waals surface area contributed by atoms with Crippen LogP contribution in [0.5, 0.6) is 0 Å². The van der Waals surface area contributed by atoms with Crippen LogP contribution in [0.25, 0.3) is 0 Å². The molecule has 2 aromatic heterocycles. The predicted octanol–water partition coefficient (Wildman–Crippen LogP) is 1.79. The molecular weight excluding hydrogens is 194 g/mol. The zero-order valence-electron chi connectivity index (χ0n) is 8.27. The molecule has 74 valence electrons. The van der Waals surface area contributed by atoms with Crippen molar-refractivity contribution in [1.29, 1.82) is 0 Å². The van der Waals surface area contributed by atoms with Gasteiger partial charge in [0.1, 0.15) is 0 Å². The lowest BCUT2D eigenvalue weighted by molar-refractivity contribution is 0.685. The van der Waals surface area contributed by atoms with E-state index in [0.29, 0.717) is 0 Å². The first-order valence-corrected chi connectivity index (χ1v) is 5.37. The number of rotatable bonds is 3. The quantitative estimate of drug-likeness (QED) is 0.831. The van der Waals surface area contributed by atoms with Crippen molar-refractivity contribution in [2.24, 2.45) is 7.05 Å². The van der Waals surface area contributed by atoms with Crippen molar-refractivity contribution in [3.05, 3.63) is 40.6 Å². The fourth-order valence-electron chi connectivity index (χ4n) is 1.47. The van der Waals surface area contributed by atoms with Crippen molar-refractivity contribution in [1.82, 2.24) is 14.9 Å². The number of thiophene rings is 1. The molecule has 1 unspecified atom stereocenters. The van der Waals surface area contributed by atoms with Crippen LogP contribution in [0.4, 0.5) is 0 Å². The van der Waals surface area contributed by atoms with E-state index in [0.717, 1.165) is 5.69 Å². The normalized spacial score (nSPS) is 13.0. The molecule has 0 saturated carbocycles. The zero-order chi connectivity index (χ0) is 9.97. The van der Waals surface area contributed by atoms with E-state index in [4.69, 9.17) is 0 Å². The van der Waals surface area contributed by atoms with Gasteiger partial charge < -0.3 is 9.88 Å². The van der Waals surface area contributed by atoms with E-state index in [-0.39, 0.29) is 6.04 Å². The van der Waals surface area contributed by atoms with E-state index >= 15 is 0 Å². The Labute approximate surface area is 87.4 Å². The maximum atomic E-state index is 4.35. The van der Waals surface area contributed by atoms with Gasteiger partial charge in [-0.05, 0) is 18.5 Å². The third-order valence-electron chi connectivity index (χ3n) is 2.14. The van der Waals surface area contributed by atoms with E-state index in [1.807, 2.05) is 31.2 Å². The highest BCUT2D eigenvalue weighted by atomic mass is 32.1. The summed E-state index contributed by atoms with van der Waals surface area (Å²) >= 11 is 1.75. The molecule has 0 amide bonds. The molecule has 0 aliphatic carbocycles. The van der Waals surface area contributed by atoms with E-state index in [1.165, 1.54) is 4.88 Å². The Morgan fingerprint density at radius 2 is 2.43 bits per heavy atom. The second-order valence-electron chi connectivity index (χ2n) is 3.20. The van der Waals surface area contributed by atoms with Gasteiger partial charge >= 0.3 is 0 Å². The monoisotopic (exact) mass is 207 g/mol. The summed E-state index contributed by atoms with van der Waals surface area (Å²) in [6, 6.07) is 4.41. The minimum Gasteiger partial charge on any atom is -0.340 e. The first kappa shape index (κ1) is 9.43. The molecule has 0 spiro atoms. The molecule has 3 nitrogen and oxygen atoms in total. The second kappa shape index (κ2) is 3.94. The summed E-state index contributed by atoms with van der Waals surface area (Å²) in [5, 5.41) is 5.35. The molecule has 14 heavy (non-hydrogen) atoms. The summed E-state index contributed by atoms with van der Waals surface area (Å²) in [5.74, 6) is 0. The summed E-state index contributed by atoms with van der Waals surface area (Å²) in [7, 11) is 3.94. The van der Waals surface area contributed by atoms with Crippen LogP contribution < -0.4 is 5.32 Å². The van der Waals surface area contributed by atoms with Crippen LogP contribution >= 0.6 is 11.3 Å². The number of imidazole rings is 1. The lowest BCUT2D eigenvalue weighted by Crippen LogP contribution is -2.16. The molecule has 0 radical (unpaired) electrons. The van der Waals surface area contributed by atoms with E-state index in [9.17, 15) is 0 Å². The number of aromatic nitrogens is 2. The highest BCUT2D eigenvalue weighted by molar-refractivity contribution is 7.10. The Hall–Kier alpha value is -1.13. The molecule has 2 rings (SSSR count). The molecule has 4 heteroatoms. The van der Waals surface area contributed by atoms with Gasteiger partial charge in [0.15, 0.2) is 0 Å². The molecule has 1 N–H and O–H groups in total. The zero-order valence-corrected chi connectivity index (χ0v) is 9.08. The second-order valence-corrected chi connectivity index (χ2v) is 4.18. The van der Waals surface area contributed by atoms with Crippen molar-refractivity contribution in [3.63, 3.8) is 0 Å². The van der Waals surface area contributed by atoms with E-state index in [1.54, 1.807) is 11.3 Å². The number of hydrogen-bond acceptors (Lipinski definition) is 3. The Bertz CT molecular complexity index is 391. The smallest absolute Gasteiger partial charge is 0.0947 e. The summed E-state index contributed by atoms with van der Waals surface area (Å²) in [5.41, 5.74) is 1.07. The van der Waals surface area contributed by atoms with Crippen LogP contribution in [0.3, 0.4) is 0 Å². The predicted molar refractivity (Wildman–Crippen MR) is 58.4 cm³/mol. The minimum absolute atomic E-state index is 0.219. The summed E-state index contributed by atoms with van der Waals surface area (Å²) in [6.07, 6.45) is 3.87. The van der Waals surface area contributed by atoms with Gasteiger partial charge in [0.05, 0.1) is 18.1 Å². The number of nitrogens with zero attached hydrogens (tertiary/aromatic N) is 2. The highest BCUT2D eigenvalue weighted by Gasteiger charge is 2.14. The average molecular weight is 207 g/mol. The Morgan fingerprint density at radius 1 is 1.57 bits per heavy atom. The van der Waals surface area contributed by atoms with E-state index < -0.39 is 0 Å². The van der Waals surface area contributed by atoms with Crippen LogP contribution in [-0.4, -0.2) is 16.6 Å². The molecule has 0 aliphatic rings. The first-order valence-electron chi connectivity index (χ1n) is 4.50. The molecule has 0 bridgehead atoms. The van der Waals surface area contributed by atoms with Gasteiger partial charge in [0.25, 0.3) is 0 Å². The standard InChI is InChI=1S/C10H13N3S/c1-11-10(9-4-3-5-14-9)8-6-13(2)7-12-8/h3-7,10-11H,1-2H3. The average Bonchev–Trinajstić information content (AvgIpc) is 2.79. The van der Waals surface area contributed by atoms with Crippen LogP contribution in [0.2, 0.25) is 0 Å². The van der Waals surface area contributed by atoms with Crippen molar-refractivity contribution in [3.8, 4) is 0 Å². The fraction of sp³-hybridized carbons (Fsp3) is 0.300. The van der Waals surface area contributed by atoms with Crippen LogP contribution in [0.15, 0.2) is 30.0 Å². The Balaban J connectivity index is 2.31. The Morgan fingerprint density at radius 3 is 2.93 bits per heavy atom. The van der Waals surface area contributed by atoms with Gasteiger partial charge in [0, 0.05) is 18.1 Å². The molecule has 0 saturated heterocycles. The molecule has 2 aromatic rings. The molecule has 0 aliphatic heterocycles. The first-order chi connectivity index (χ1) is 6.81. The van der Waals surface area contributed by atoms with Gasteiger partial charge in [-0.15, -0.1) is 11.3 Å². The molecular formula is C10H13N3S. The van der Waals surface area contributed by atoms with Crippen LogP contribution in [0.1, 0.15) is 16.6 Å². The maximum Gasteiger partial charge on any atom is 0.0947 e. The number of hydrogen-bond donors (Lipinski definition) is 1. The SMILES string of the molecule is CNC(c1cn(C)cn1)c1cccs1. The fourth-order valence-corrected chi connectivity index (χ4v) is 2.32. The third kappa shape index (κ3) is 1.71. The largest absolute Gasteiger partial charge is 0.340 e. The lowest BCUT2D eigenvalue weighted by atomic mass is 10.2. The molecule has 0 aromatic carbocycles. The molecule has 2 heterocycles. The van der Waals surface area contributed by atoms with Gasteiger partial charge in [-0.3, -0.25) is 0 Å². The summed E-state index contributed by atoms with van der Waals surface area (Å²) in [6.45, 7) is 0. The highest BCUT2D eigenvalue weighted by Crippen LogP contribution is 2.23. The summed E-state index contributed by atoms with van der Waals surface area (Å²) in [4.78, 5) is 5.65. The van der Waals surface area contributed by atoms with Crippen molar-refractivity contribution < 1.29 is 0 Å². The van der Waals surface area contributed by atoms with Crippen molar-refractivity contribution in [2.75, 3.05) is 7.05 Å². The van der Waals surface area contributed by atoms with Gasteiger partial charge in [-0.1, -0.05) is 6.07 Å². The number of aryl methyl sites for hydroxylation is 1. The van der Waals surface area contributed by atoms with Gasteiger partial charge in [-0.2, -0.15) is 0 Å². The van der Waals surface area contributed by atoms with Crippen LogP contribution in [-0.2, 0) is 7.05 Å². The summed E-state index contributed by atoms with van der Waals surface area (Å²) < 4.78 is 1.97. The topological polar surface area (TPSA) is 29.9 Å². The third-order valence-corrected chi connectivity index (χ3v) is 3.07. The molecule has 1 atom stereocenters. The van der Waals surface area contributed by atoms with Gasteiger partial charge in [-0.25, -0.2) is 4.98 Å². The number of nitrogens with one attached hydrogen (secondary N) is 1.